The molecule has 0 aliphatic heterocycles. The highest BCUT2D eigenvalue weighted by Gasteiger charge is 2.42. The quantitative estimate of drug-likeness (QED) is 0.799. The van der Waals surface area contributed by atoms with Gasteiger partial charge in [-0.05, 0) is 17.7 Å². The minimum atomic E-state index is -5.05. The van der Waals surface area contributed by atoms with Crippen molar-refractivity contribution in [3.8, 4) is 5.75 Å². The van der Waals surface area contributed by atoms with E-state index in [-0.39, 0.29) is 12.4 Å². The minimum Gasteiger partial charge on any atom is -0.452 e. The molecule has 84 valence electrons. The van der Waals surface area contributed by atoms with E-state index in [1.165, 1.54) is 18.2 Å². The Morgan fingerprint density at radius 1 is 1.33 bits per heavy atom. The van der Waals surface area contributed by atoms with Crippen molar-refractivity contribution < 1.29 is 27.4 Å². The van der Waals surface area contributed by atoms with Crippen LogP contribution >= 0.6 is 0 Å². The molecule has 0 spiro atoms. The zero-order valence-corrected chi connectivity index (χ0v) is 7.46. The number of hydrogen-bond acceptors (Lipinski definition) is 2. The third-order valence-corrected chi connectivity index (χ3v) is 1.58. The molecule has 0 saturated heterocycles. The molecule has 6 heteroatoms. The summed E-state index contributed by atoms with van der Waals surface area (Å²) in [5.41, 5.74) is 0.349. The van der Waals surface area contributed by atoms with Crippen molar-refractivity contribution in [3.05, 3.63) is 29.8 Å². The Morgan fingerprint density at radius 3 is 2.53 bits per heavy atom. The number of rotatable bonds is 3. The predicted octanol–water partition coefficient (Wildman–Crippen LogP) is 2.42. The second kappa shape index (κ2) is 4.48. The molecule has 1 unspecified atom stereocenters. The van der Waals surface area contributed by atoms with Gasteiger partial charge in [-0.3, -0.25) is 0 Å². The van der Waals surface area contributed by atoms with Crippen molar-refractivity contribution in [3.63, 3.8) is 0 Å². The highest BCUT2D eigenvalue weighted by molar-refractivity contribution is 5.28. The number of aliphatic hydroxyl groups is 1. The van der Waals surface area contributed by atoms with E-state index in [0.29, 0.717) is 5.56 Å². The van der Waals surface area contributed by atoms with Crippen molar-refractivity contribution >= 4 is 0 Å². The first-order valence-corrected chi connectivity index (χ1v) is 4.00. The fraction of sp³-hybridized carbons (Fsp3) is 0.333. The molecule has 1 atom stereocenters. The Morgan fingerprint density at radius 2 is 2.00 bits per heavy atom. The highest BCUT2D eigenvalue weighted by atomic mass is 19.4. The lowest BCUT2D eigenvalue weighted by molar-refractivity contribution is -0.236. The van der Waals surface area contributed by atoms with E-state index >= 15 is 0 Å². The molecule has 2 nitrogen and oxygen atoms in total. The van der Waals surface area contributed by atoms with E-state index in [1.54, 1.807) is 0 Å². The molecule has 1 rings (SSSR count). The second-order valence-electron chi connectivity index (χ2n) is 2.78. The van der Waals surface area contributed by atoms with Crippen LogP contribution in [0.3, 0.4) is 0 Å². The van der Waals surface area contributed by atoms with Crippen molar-refractivity contribution in [2.24, 2.45) is 0 Å². The molecular weight excluding hydrogens is 216 g/mol. The average molecular weight is 224 g/mol. The lowest BCUT2D eigenvalue weighted by Gasteiger charge is -2.14. The Bertz CT molecular complexity index is 324. The molecule has 1 aromatic carbocycles. The zero-order chi connectivity index (χ0) is 11.5. The van der Waals surface area contributed by atoms with Gasteiger partial charge in [0.15, 0.2) is 0 Å². The van der Waals surface area contributed by atoms with Crippen molar-refractivity contribution in [2.75, 3.05) is 0 Å². The van der Waals surface area contributed by atoms with Crippen LogP contribution < -0.4 is 4.74 Å². The number of ether oxygens (including phenoxy) is 1. The van der Waals surface area contributed by atoms with E-state index in [4.69, 9.17) is 5.11 Å². The Hall–Kier alpha value is -1.30. The van der Waals surface area contributed by atoms with Gasteiger partial charge in [0, 0.05) is 0 Å². The summed E-state index contributed by atoms with van der Waals surface area (Å²) in [4.78, 5) is 0. The van der Waals surface area contributed by atoms with E-state index in [1.807, 2.05) is 0 Å². The third-order valence-electron chi connectivity index (χ3n) is 1.58. The van der Waals surface area contributed by atoms with E-state index in [2.05, 4.69) is 4.74 Å². The average Bonchev–Trinajstić information content (AvgIpc) is 2.16. The predicted molar refractivity (Wildman–Crippen MR) is 43.9 cm³/mol. The maximum atomic E-state index is 12.4. The Kier molecular flexibility index (Phi) is 3.52. The van der Waals surface area contributed by atoms with Crippen LogP contribution in [-0.4, -0.2) is 17.6 Å². The summed E-state index contributed by atoms with van der Waals surface area (Å²) < 4.78 is 51.7. The molecule has 0 amide bonds. The van der Waals surface area contributed by atoms with Gasteiger partial charge < -0.3 is 9.84 Å². The maximum absolute atomic E-state index is 12.4. The van der Waals surface area contributed by atoms with Gasteiger partial charge >= 0.3 is 12.5 Å². The second-order valence-corrected chi connectivity index (χ2v) is 2.78. The first-order valence-electron chi connectivity index (χ1n) is 4.00. The van der Waals surface area contributed by atoms with Gasteiger partial charge in [0.25, 0.3) is 0 Å². The molecule has 0 radical (unpaired) electrons. The Labute approximate surface area is 83.1 Å². The fourth-order valence-corrected chi connectivity index (χ4v) is 0.903. The molecule has 0 heterocycles. The monoisotopic (exact) mass is 224 g/mol. The van der Waals surface area contributed by atoms with Crippen LogP contribution in [0.2, 0.25) is 0 Å². The van der Waals surface area contributed by atoms with Crippen LogP contribution in [0.4, 0.5) is 17.6 Å². The smallest absolute Gasteiger partial charge is 0.452 e. The van der Waals surface area contributed by atoms with Crippen molar-refractivity contribution in [2.45, 2.75) is 19.1 Å². The summed E-state index contributed by atoms with van der Waals surface area (Å²) in [6, 6.07) is 5.16. The first-order chi connectivity index (χ1) is 6.93. The van der Waals surface area contributed by atoms with Gasteiger partial charge in [-0.2, -0.15) is 17.6 Å². The molecule has 1 N–H and O–H groups in total. The van der Waals surface area contributed by atoms with Gasteiger partial charge in [-0.1, -0.05) is 12.1 Å². The summed E-state index contributed by atoms with van der Waals surface area (Å²) in [7, 11) is 0. The van der Waals surface area contributed by atoms with Crippen LogP contribution in [0.25, 0.3) is 0 Å². The molecule has 0 fully saturated rings. The molecule has 15 heavy (non-hydrogen) atoms. The summed E-state index contributed by atoms with van der Waals surface area (Å²) >= 11 is 0. The third kappa shape index (κ3) is 3.39. The van der Waals surface area contributed by atoms with E-state index in [9.17, 15) is 17.6 Å². The fourth-order valence-electron chi connectivity index (χ4n) is 0.903. The van der Waals surface area contributed by atoms with Crippen LogP contribution in [0.5, 0.6) is 5.75 Å². The topological polar surface area (TPSA) is 29.5 Å². The van der Waals surface area contributed by atoms with Gasteiger partial charge in [0.2, 0.25) is 0 Å². The van der Waals surface area contributed by atoms with Crippen LogP contribution in [0, 0.1) is 0 Å². The molecule has 0 aliphatic carbocycles. The number of aliphatic hydroxyl groups excluding tert-OH is 1. The number of benzene rings is 1. The number of halogens is 4. The normalized spacial score (nSPS) is 13.7. The summed E-state index contributed by atoms with van der Waals surface area (Å²) in [5.74, 6) is -0.272. The van der Waals surface area contributed by atoms with Crippen LogP contribution in [0.1, 0.15) is 5.56 Å². The van der Waals surface area contributed by atoms with Crippen molar-refractivity contribution in [1.29, 1.82) is 0 Å². The highest BCUT2D eigenvalue weighted by Crippen LogP contribution is 2.26. The molecular formula is C9H8F4O2. The summed E-state index contributed by atoms with van der Waals surface area (Å²) in [6.45, 7) is -0.347. The SMILES string of the molecule is OCc1cccc(OC(F)C(F)(F)F)c1. The van der Waals surface area contributed by atoms with Crippen molar-refractivity contribution in [1.82, 2.24) is 0 Å². The number of alkyl halides is 4. The number of hydrogen-bond donors (Lipinski definition) is 1. The lowest BCUT2D eigenvalue weighted by Crippen LogP contribution is -2.29. The molecule has 0 aliphatic rings. The summed E-state index contributed by atoms with van der Waals surface area (Å²) in [6.07, 6.45) is -8.40. The van der Waals surface area contributed by atoms with E-state index < -0.39 is 12.5 Å². The van der Waals surface area contributed by atoms with Gasteiger partial charge in [-0.25, -0.2) is 0 Å². The molecule has 1 aromatic rings. The van der Waals surface area contributed by atoms with Crippen LogP contribution in [0.15, 0.2) is 24.3 Å². The maximum Gasteiger partial charge on any atom is 0.457 e. The minimum absolute atomic E-state index is 0.272. The molecule has 0 saturated carbocycles. The van der Waals surface area contributed by atoms with E-state index in [0.717, 1.165) is 6.07 Å². The standard InChI is InChI=1S/C9H8F4O2/c10-8(9(11,12)13)15-7-3-1-2-6(4-7)5-14/h1-4,8,14H,5H2. The lowest BCUT2D eigenvalue weighted by atomic mass is 10.2. The zero-order valence-electron chi connectivity index (χ0n) is 7.46. The first kappa shape index (κ1) is 11.8. The summed E-state index contributed by atoms with van der Waals surface area (Å²) in [5, 5.41) is 8.68. The van der Waals surface area contributed by atoms with Gasteiger partial charge in [0.05, 0.1) is 6.61 Å². The van der Waals surface area contributed by atoms with Crippen LogP contribution in [-0.2, 0) is 6.61 Å². The van der Waals surface area contributed by atoms with Gasteiger partial charge in [-0.15, -0.1) is 0 Å². The van der Waals surface area contributed by atoms with Gasteiger partial charge in [0.1, 0.15) is 5.75 Å². The Balaban J connectivity index is 2.72. The largest absolute Gasteiger partial charge is 0.457 e. The molecule has 0 aromatic heterocycles. The molecule has 0 bridgehead atoms.